The number of benzene rings is 1. The SMILES string of the molecule is CONCCCc1cc([C@@H](C)N(C(=O)[C@H]2CNCCO2)C2CC2)nc2ccc(C)cc12. The van der Waals surface area contributed by atoms with E-state index < -0.39 is 6.10 Å². The van der Waals surface area contributed by atoms with E-state index in [-0.39, 0.29) is 18.0 Å². The van der Waals surface area contributed by atoms with Crippen molar-refractivity contribution in [3.63, 3.8) is 0 Å². The van der Waals surface area contributed by atoms with Crippen LogP contribution in [0.1, 0.15) is 49.0 Å². The largest absolute Gasteiger partial charge is 0.366 e. The molecular formula is C24H34N4O3. The fourth-order valence-corrected chi connectivity index (χ4v) is 4.38. The molecule has 1 saturated carbocycles. The van der Waals surface area contributed by atoms with E-state index in [0.29, 0.717) is 13.2 Å². The van der Waals surface area contributed by atoms with Gasteiger partial charge >= 0.3 is 0 Å². The zero-order valence-corrected chi connectivity index (χ0v) is 18.8. The molecule has 31 heavy (non-hydrogen) atoms. The summed E-state index contributed by atoms with van der Waals surface area (Å²) in [6.07, 6.45) is 3.59. The summed E-state index contributed by atoms with van der Waals surface area (Å²) < 4.78 is 5.77. The number of nitrogens with zero attached hydrogens (tertiary/aromatic N) is 2. The first-order chi connectivity index (χ1) is 15.1. The van der Waals surface area contributed by atoms with Gasteiger partial charge in [0.2, 0.25) is 0 Å². The second-order valence-corrected chi connectivity index (χ2v) is 8.65. The van der Waals surface area contributed by atoms with Gasteiger partial charge in [-0.15, -0.1) is 0 Å². The number of carbonyl (C=O) groups excluding carboxylic acids is 1. The summed E-state index contributed by atoms with van der Waals surface area (Å²) in [5.41, 5.74) is 7.36. The van der Waals surface area contributed by atoms with E-state index in [1.807, 2.05) is 4.90 Å². The van der Waals surface area contributed by atoms with Crippen LogP contribution in [0.5, 0.6) is 0 Å². The lowest BCUT2D eigenvalue weighted by Crippen LogP contribution is -2.50. The Morgan fingerprint density at radius 2 is 2.23 bits per heavy atom. The van der Waals surface area contributed by atoms with Gasteiger partial charge in [-0.25, -0.2) is 5.48 Å². The highest BCUT2D eigenvalue weighted by Crippen LogP contribution is 2.36. The normalized spacial score (nSPS) is 20.0. The van der Waals surface area contributed by atoms with Crippen LogP contribution in [-0.2, 0) is 20.8 Å². The number of rotatable bonds is 9. The number of nitrogens with one attached hydrogen (secondary N) is 2. The molecule has 168 valence electrons. The van der Waals surface area contributed by atoms with E-state index in [1.165, 1.54) is 16.5 Å². The molecule has 1 aromatic carbocycles. The molecule has 0 radical (unpaired) electrons. The molecule has 2 N–H and O–H groups in total. The number of fused-ring (bicyclic) bond motifs is 1. The van der Waals surface area contributed by atoms with E-state index in [1.54, 1.807) is 7.11 Å². The molecule has 2 aliphatic rings. The molecule has 1 aromatic heterocycles. The molecule has 2 aromatic rings. The van der Waals surface area contributed by atoms with Crippen LogP contribution in [0.4, 0.5) is 0 Å². The number of hydroxylamine groups is 1. The van der Waals surface area contributed by atoms with Gasteiger partial charge in [0.05, 0.1) is 31.0 Å². The topological polar surface area (TPSA) is 75.7 Å². The van der Waals surface area contributed by atoms with E-state index in [2.05, 4.69) is 48.9 Å². The van der Waals surface area contributed by atoms with Crippen LogP contribution < -0.4 is 10.8 Å². The lowest BCUT2D eigenvalue weighted by atomic mass is 9.99. The van der Waals surface area contributed by atoms with Crippen molar-refractivity contribution < 1.29 is 14.4 Å². The number of carbonyl (C=O) groups is 1. The van der Waals surface area contributed by atoms with Crippen LogP contribution in [0.3, 0.4) is 0 Å². The number of amides is 1. The molecule has 1 saturated heterocycles. The molecule has 2 atom stereocenters. The standard InChI is InChI=1S/C24H34N4O3/c1-16-6-9-21-20(13-16)18(5-4-10-26-30-3)14-22(27-21)17(2)28(19-7-8-19)24(29)23-15-25-11-12-31-23/h6,9,13-14,17,19,23,25-26H,4-5,7-8,10-12,15H2,1-3H3/t17-,23-/m1/s1. The highest BCUT2D eigenvalue weighted by molar-refractivity contribution is 5.84. The van der Waals surface area contributed by atoms with Gasteiger partial charge < -0.3 is 19.8 Å². The number of morpholine rings is 1. The fourth-order valence-electron chi connectivity index (χ4n) is 4.38. The van der Waals surface area contributed by atoms with Gasteiger partial charge in [-0.05, 0) is 63.3 Å². The van der Waals surface area contributed by atoms with Crippen LogP contribution >= 0.6 is 0 Å². The Morgan fingerprint density at radius 3 is 2.94 bits per heavy atom. The van der Waals surface area contributed by atoms with E-state index in [0.717, 1.165) is 50.0 Å². The molecule has 7 nitrogen and oxygen atoms in total. The predicted molar refractivity (Wildman–Crippen MR) is 121 cm³/mol. The molecule has 7 heteroatoms. The minimum atomic E-state index is -0.403. The third-order valence-corrected chi connectivity index (χ3v) is 6.18. The van der Waals surface area contributed by atoms with Crippen LogP contribution in [-0.4, -0.2) is 61.3 Å². The Morgan fingerprint density at radius 1 is 1.39 bits per heavy atom. The van der Waals surface area contributed by atoms with Gasteiger partial charge in [0, 0.05) is 31.1 Å². The lowest BCUT2D eigenvalue weighted by Gasteiger charge is -2.34. The van der Waals surface area contributed by atoms with Crippen molar-refractivity contribution in [3.8, 4) is 0 Å². The fraction of sp³-hybridized carbons (Fsp3) is 0.583. The maximum Gasteiger partial charge on any atom is 0.253 e. The van der Waals surface area contributed by atoms with Gasteiger partial charge in [-0.1, -0.05) is 11.6 Å². The monoisotopic (exact) mass is 426 g/mol. The number of aryl methyl sites for hydroxylation is 2. The molecular weight excluding hydrogens is 392 g/mol. The predicted octanol–water partition coefficient (Wildman–Crippen LogP) is 2.67. The molecule has 1 aliphatic carbocycles. The second kappa shape index (κ2) is 10.0. The molecule has 1 aliphatic heterocycles. The maximum absolute atomic E-state index is 13.3. The van der Waals surface area contributed by atoms with Crippen molar-refractivity contribution in [2.75, 3.05) is 33.4 Å². The first kappa shape index (κ1) is 22.1. The Hall–Kier alpha value is -2.06. The molecule has 0 bridgehead atoms. The first-order valence-corrected chi connectivity index (χ1v) is 11.4. The van der Waals surface area contributed by atoms with Gasteiger partial charge in [0.15, 0.2) is 0 Å². The smallest absolute Gasteiger partial charge is 0.253 e. The third-order valence-electron chi connectivity index (χ3n) is 6.18. The Labute approximate surface area is 184 Å². The highest BCUT2D eigenvalue weighted by Gasteiger charge is 2.40. The maximum atomic E-state index is 13.3. The quantitative estimate of drug-likeness (QED) is 0.474. The summed E-state index contributed by atoms with van der Waals surface area (Å²) in [7, 11) is 1.64. The van der Waals surface area contributed by atoms with Crippen LogP contribution in [0.15, 0.2) is 24.3 Å². The highest BCUT2D eigenvalue weighted by atomic mass is 16.6. The molecule has 2 fully saturated rings. The van der Waals surface area contributed by atoms with E-state index >= 15 is 0 Å². The number of aromatic nitrogens is 1. The van der Waals surface area contributed by atoms with Gasteiger partial charge in [0.1, 0.15) is 6.10 Å². The molecule has 4 rings (SSSR count). The zero-order valence-electron chi connectivity index (χ0n) is 18.8. The Balaban J connectivity index is 1.63. The lowest BCUT2D eigenvalue weighted by molar-refractivity contribution is -0.148. The third kappa shape index (κ3) is 5.23. The molecule has 1 amide bonds. The summed E-state index contributed by atoms with van der Waals surface area (Å²) >= 11 is 0. The van der Waals surface area contributed by atoms with E-state index in [9.17, 15) is 4.79 Å². The number of ether oxygens (including phenoxy) is 1. The zero-order chi connectivity index (χ0) is 21.8. The van der Waals surface area contributed by atoms with Crippen molar-refractivity contribution in [1.82, 2.24) is 20.7 Å². The number of hydrogen-bond acceptors (Lipinski definition) is 6. The van der Waals surface area contributed by atoms with Crippen molar-refractivity contribution in [3.05, 3.63) is 41.1 Å². The van der Waals surface area contributed by atoms with E-state index in [4.69, 9.17) is 14.6 Å². The van der Waals surface area contributed by atoms with Gasteiger partial charge in [-0.3, -0.25) is 9.78 Å². The molecule has 2 heterocycles. The minimum absolute atomic E-state index is 0.0823. The van der Waals surface area contributed by atoms with Crippen LogP contribution in [0, 0.1) is 6.92 Å². The average Bonchev–Trinajstić information content (AvgIpc) is 3.62. The number of hydrogen-bond donors (Lipinski definition) is 2. The Bertz CT molecular complexity index is 909. The Kier molecular flexibility index (Phi) is 7.17. The number of pyridine rings is 1. The second-order valence-electron chi connectivity index (χ2n) is 8.65. The van der Waals surface area contributed by atoms with Crippen LogP contribution in [0.25, 0.3) is 10.9 Å². The van der Waals surface area contributed by atoms with Crippen molar-refractivity contribution in [2.24, 2.45) is 0 Å². The van der Waals surface area contributed by atoms with Crippen molar-refractivity contribution in [2.45, 2.75) is 57.7 Å². The van der Waals surface area contributed by atoms with Crippen molar-refractivity contribution >= 4 is 16.8 Å². The summed E-state index contributed by atoms with van der Waals surface area (Å²) in [5.74, 6) is 0.0823. The minimum Gasteiger partial charge on any atom is -0.366 e. The van der Waals surface area contributed by atoms with Gasteiger partial charge in [-0.2, -0.15) is 0 Å². The molecule has 0 unspecified atom stereocenters. The summed E-state index contributed by atoms with van der Waals surface area (Å²) in [5, 5.41) is 4.47. The summed E-state index contributed by atoms with van der Waals surface area (Å²) in [4.78, 5) is 25.3. The first-order valence-electron chi connectivity index (χ1n) is 11.4. The summed E-state index contributed by atoms with van der Waals surface area (Å²) in [6, 6.07) is 8.80. The molecule has 0 spiro atoms. The van der Waals surface area contributed by atoms with Crippen molar-refractivity contribution in [1.29, 1.82) is 0 Å². The van der Waals surface area contributed by atoms with Crippen LogP contribution in [0.2, 0.25) is 0 Å². The van der Waals surface area contributed by atoms with Gasteiger partial charge in [0.25, 0.3) is 5.91 Å². The average molecular weight is 427 g/mol. The summed E-state index contributed by atoms with van der Waals surface area (Å²) in [6.45, 7) is 6.96.